The van der Waals surface area contributed by atoms with Gasteiger partial charge >= 0.3 is 0 Å². The van der Waals surface area contributed by atoms with Gasteiger partial charge in [0.15, 0.2) is 11.6 Å². The third-order valence-electron chi connectivity index (χ3n) is 5.85. The van der Waals surface area contributed by atoms with E-state index in [4.69, 9.17) is 15.2 Å². The SMILES string of the molecule is C/C=C(/Oc1ccc(CC(N)C(=O)NCCCN2CCOCC2)cc1F)c1c(C)c[nH]c1C. The number of amides is 1. The number of hydrogen-bond acceptors (Lipinski definition) is 5. The number of nitrogens with one attached hydrogen (secondary N) is 2. The van der Waals surface area contributed by atoms with Crippen LogP contribution in [0.15, 0.2) is 30.5 Å². The summed E-state index contributed by atoms with van der Waals surface area (Å²) in [6, 6.07) is 3.97. The van der Waals surface area contributed by atoms with Gasteiger partial charge in [-0.2, -0.15) is 0 Å². The molecule has 1 aliphatic heterocycles. The van der Waals surface area contributed by atoms with Gasteiger partial charge in [-0.3, -0.25) is 9.69 Å². The van der Waals surface area contributed by atoms with Gasteiger partial charge in [0.25, 0.3) is 0 Å². The van der Waals surface area contributed by atoms with E-state index >= 15 is 0 Å². The highest BCUT2D eigenvalue weighted by Gasteiger charge is 2.17. The highest BCUT2D eigenvalue weighted by Crippen LogP contribution is 2.28. The summed E-state index contributed by atoms with van der Waals surface area (Å²) in [4.78, 5) is 17.8. The molecular formula is C25H35FN4O3. The first-order chi connectivity index (χ1) is 15.9. The Bertz CT molecular complexity index is 947. The first kappa shape index (κ1) is 25.0. The van der Waals surface area contributed by atoms with Gasteiger partial charge in [0.1, 0.15) is 5.76 Å². The van der Waals surface area contributed by atoms with Gasteiger partial charge in [-0.15, -0.1) is 0 Å². The standard InChI is InChI=1S/C25H35FN4O3/c1-4-22(24-17(2)16-29-18(24)3)33-23-7-6-19(14-20(23)26)15-21(27)25(31)28-8-5-9-30-10-12-32-13-11-30/h4,6-7,14,16,21,29H,5,8-13,15,27H2,1-3H3,(H,28,31)/b22-4+. The molecule has 0 spiro atoms. The van der Waals surface area contributed by atoms with Crippen LogP contribution in [0, 0.1) is 19.7 Å². The third-order valence-corrected chi connectivity index (χ3v) is 5.85. The van der Waals surface area contributed by atoms with E-state index in [1.807, 2.05) is 33.0 Å². The Labute approximate surface area is 195 Å². The van der Waals surface area contributed by atoms with E-state index < -0.39 is 11.9 Å². The molecule has 0 saturated carbocycles. The first-order valence-corrected chi connectivity index (χ1v) is 11.5. The van der Waals surface area contributed by atoms with Crippen molar-refractivity contribution in [2.24, 2.45) is 5.73 Å². The molecule has 2 heterocycles. The summed E-state index contributed by atoms with van der Waals surface area (Å²) in [5.74, 6) is 0.00202. The molecule has 3 rings (SSSR count). The smallest absolute Gasteiger partial charge is 0.237 e. The topological polar surface area (TPSA) is 92.6 Å². The summed E-state index contributed by atoms with van der Waals surface area (Å²) >= 11 is 0. The van der Waals surface area contributed by atoms with Gasteiger partial charge in [0.2, 0.25) is 5.91 Å². The quantitative estimate of drug-likeness (QED) is 0.376. The maximum atomic E-state index is 14.8. The first-order valence-electron chi connectivity index (χ1n) is 11.5. The largest absolute Gasteiger partial charge is 0.454 e. The van der Waals surface area contributed by atoms with Gasteiger partial charge in [0.05, 0.1) is 19.3 Å². The van der Waals surface area contributed by atoms with E-state index in [-0.39, 0.29) is 18.1 Å². The van der Waals surface area contributed by atoms with Crippen LogP contribution in [0.3, 0.4) is 0 Å². The minimum atomic E-state index is -0.740. The summed E-state index contributed by atoms with van der Waals surface area (Å²) in [6.45, 7) is 10.6. The summed E-state index contributed by atoms with van der Waals surface area (Å²) < 4.78 is 26.0. The van der Waals surface area contributed by atoms with Crippen molar-refractivity contribution in [1.29, 1.82) is 0 Å². The molecule has 4 N–H and O–H groups in total. The van der Waals surface area contributed by atoms with Crippen LogP contribution in [0.1, 0.15) is 35.7 Å². The number of rotatable bonds is 10. The Balaban J connectivity index is 1.50. The molecule has 1 aromatic heterocycles. The maximum absolute atomic E-state index is 14.8. The van der Waals surface area contributed by atoms with Gasteiger partial charge in [-0.25, -0.2) is 4.39 Å². The van der Waals surface area contributed by atoms with Crippen LogP contribution in [0.5, 0.6) is 5.75 Å². The molecule has 1 atom stereocenters. The summed E-state index contributed by atoms with van der Waals surface area (Å²) in [5, 5.41) is 2.88. The number of allylic oxidation sites excluding steroid dienone is 1. The zero-order valence-corrected chi connectivity index (χ0v) is 19.7. The molecule has 7 nitrogen and oxygen atoms in total. The van der Waals surface area contributed by atoms with Gasteiger partial charge in [0, 0.05) is 37.1 Å². The van der Waals surface area contributed by atoms with Gasteiger partial charge in [-0.05, 0) is 69.5 Å². The van der Waals surface area contributed by atoms with E-state index in [1.54, 1.807) is 12.1 Å². The number of aromatic nitrogens is 1. The third kappa shape index (κ3) is 6.90. The van der Waals surface area contributed by atoms with Crippen LogP contribution in [0.2, 0.25) is 0 Å². The number of morpholine rings is 1. The fourth-order valence-corrected chi connectivity index (χ4v) is 3.98. The van der Waals surface area contributed by atoms with Crippen molar-refractivity contribution in [2.45, 2.75) is 39.7 Å². The molecule has 0 aliphatic carbocycles. The minimum Gasteiger partial charge on any atom is -0.454 e. The number of benzene rings is 1. The Morgan fingerprint density at radius 3 is 2.76 bits per heavy atom. The monoisotopic (exact) mass is 458 g/mol. The molecule has 0 bridgehead atoms. The number of nitrogens with two attached hydrogens (primary N) is 1. The number of carbonyl (C=O) groups excluding carboxylic acids is 1. The lowest BCUT2D eigenvalue weighted by atomic mass is 10.1. The number of aromatic amines is 1. The summed E-state index contributed by atoms with van der Waals surface area (Å²) in [5.41, 5.74) is 9.61. The summed E-state index contributed by atoms with van der Waals surface area (Å²) in [7, 11) is 0. The molecule has 33 heavy (non-hydrogen) atoms. The number of carbonyl (C=O) groups is 1. The van der Waals surface area contributed by atoms with Crippen LogP contribution in [0.25, 0.3) is 5.76 Å². The molecule has 1 aromatic carbocycles. The van der Waals surface area contributed by atoms with E-state index in [9.17, 15) is 9.18 Å². The van der Waals surface area contributed by atoms with Crippen molar-refractivity contribution in [2.75, 3.05) is 39.4 Å². The second-order valence-corrected chi connectivity index (χ2v) is 8.40. The lowest BCUT2D eigenvalue weighted by Crippen LogP contribution is -2.43. The Morgan fingerprint density at radius 1 is 1.36 bits per heavy atom. The molecule has 1 aliphatic rings. The number of hydrogen-bond donors (Lipinski definition) is 3. The zero-order chi connectivity index (χ0) is 23.8. The van der Waals surface area contributed by atoms with Crippen molar-refractivity contribution >= 4 is 11.7 Å². The second kappa shape index (κ2) is 12.0. The van der Waals surface area contributed by atoms with Crippen LogP contribution in [-0.2, 0) is 16.0 Å². The highest BCUT2D eigenvalue weighted by atomic mass is 19.1. The van der Waals surface area contributed by atoms with E-state index in [0.29, 0.717) is 17.9 Å². The van der Waals surface area contributed by atoms with E-state index in [1.165, 1.54) is 6.07 Å². The van der Waals surface area contributed by atoms with Crippen LogP contribution in [0.4, 0.5) is 4.39 Å². The number of aryl methyl sites for hydroxylation is 2. The second-order valence-electron chi connectivity index (χ2n) is 8.40. The van der Waals surface area contributed by atoms with Crippen molar-refractivity contribution < 1.29 is 18.7 Å². The molecule has 1 fully saturated rings. The lowest BCUT2D eigenvalue weighted by Gasteiger charge is -2.26. The molecule has 8 heteroatoms. The molecule has 0 radical (unpaired) electrons. The van der Waals surface area contributed by atoms with Crippen molar-refractivity contribution in [1.82, 2.24) is 15.2 Å². The minimum absolute atomic E-state index is 0.132. The van der Waals surface area contributed by atoms with E-state index in [2.05, 4.69) is 15.2 Å². The Morgan fingerprint density at radius 2 is 2.12 bits per heavy atom. The molecule has 180 valence electrons. The lowest BCUT2D eigenvalue weighted by molar-refractivity contribution is -0.122. The molecule has 1 saturated heterocycles. The molecule has 1 amide bonds. The predicted molar refractivity (Wildman–Crippen MR) is 128 cm³/mol. The number of halogens is 1. The average molecular weight is 459 g/mol. The van der Waals surface area contributed by atoms with Crippen LogP contribution < -0.4 is 15.8 Å². The van der Waals surface area contributed by atoms with Crippen LogP contribution >= 0.6 is 0 Å². The fourth-order valence-electron chi connectivity index (χ4n) is 3.98. The number of ether oxygens (including phenoxy) is 2. The van der Waals surface area contributed by atoms with E-state index in [0.717, 1.165) is 56.1 Å². The maximum Gasteiger partial charge on any atom is 0.237 e. The number of H-pyrrole nitrogens is 1. The molecular weight excluding hydrogens is 423 g/mol. The molecule has 1 unspecified atom stereocenters. The van der Waals surface area contributed by atoms with Crippen molar-refractivity contribution in [3.05, 3.63) is 58.7 Å². The van der Waals surface area contributed by atoms with Gasteiger partial charge < -0.3 is 25.5 Å². The Hall–Kier alpha value is -2.68. The molecule has 2 aromatic rings. The normalized spacial score (nSPS) is 16.0. The summed E-state index contributed by atoms with van der Waals surface area (Å²) in [6.07, 6.45) is 4.81. The predicted octanol–water partition coefficient (Wildman–Crippen LogP) is 2.92. The Kier molecular flexibility index (Phi) is 9.05. The van der Waals surface area contributed by atoms with Crippen LogP contribution in [-0.4, -0.2) is 61.2 Å². The van der Waals surface area contributed by atoms with Crippen molar-refractivity contribution in [3.8, 4) is 5.75 Å². The fraction of sp³-hybridized carbons (Fsp3) is 0.480. The number of nitrogens with zero attached hydrogens (tertiary/aromatic N) is 1. The zero-order valence-electron chi connectivity index (χ0n) is 19.7. The van der Waals surface area contributed by atoms with Gasteiger partial charge in [-0.1, -0.05) is 6.07 Å². The highest BCUT2D eigenvalue weighted by molar-refractivity contribution is 5.81. The average Bonchev–Trinajstić information content (AvgIpc) is 3.14. The van der Waals surface area contributed by atoms with Crippen molar-refractivity contribution in [3.63, 3.8) is 0 Å².